The second-order valence-electron chi connectivity index (χ2n) is 2.81. The molecule has 13 heavy (non-hydrogen) atoms. The number of terminal acetylenes is 1. The summed E-state index contributed by atoms with van der Waals surface area (Å²) in [5.74, 6) is 2.27. The first-order valence-electron chi connectivity index (χ1n) is 4.16. The van der Waals surface area contributed by atoms with E-state index in [0.29, 0.717) is 5.56 Å². The van der Waals surface area contributed by atoms with Gasteiger partial charge in [0.25, 0.3) is 0 Å². The highest BCUT2D eigenvalue weighted by Gasteiger charge is 2.10. The van der Waals surface area contributed by atoms with Crippen molar-refractivity contribution in [3.05, 3.63) is 23.0 Å². The highest BCUT2D eigenvalue weighted by Crippen LogP contribution is 2.16. The molecule has 0 aliphatic rings. The van der Waals surface area contributed by atoms with Crippen molar-refractivity contribution in [2.75, 3.05) is 0 Å². The van der Waals surface area contributed by atoms with Gasteiger partial charge in [0.15, 0.2) is 0 Å². The van der Waals surface area contributed by atoms with Crippen LogP contribution in [0.2, 0.25) is 0 Å². The monoisotopic (exact) mass is 176 g/mol. The van der Waals surface area contributed by atoms with Crippen LogP contribution in [0.15, 0.2) is 6.07 Å². The SMILES string of the molecule is C#CC(O)c1cc(C)nnc1CC. The van der Waals surface area contributed by atoms with Crippen molar-refractivity contribution in [2.24, 2.45) is 0 Å². The minimum atomic E-state index is -0.871. The van der Waals surface area contributed by atoms with Gasteiger partial charge in [-0.2, -0.15) is 10.2 Å². The number of aliphatic hydroxyl groups is 1. The van der Waals surface area contributed by atoms with Crippen molar-refractivity contribution in [3.63, 3.8) is 0 Å². The maximum absolute atomic E-state index is 9.46. The minimum Gasteiger partial charge on any atom is -0.376 e. The predicted octanol–water partition coefficient (Wildman–Crippen LogP) is 1.01. The summed E-state index contributed by atoms with van der Waals surface area (Å²) in [6.07, 6.45) is 4.98. The third-order valence-corrected chi connectivity index (χ3v) is 1.81. The molecule has 68 valence electrons. The average molecular weight is 176 g/mol. The second kappa shape index (κ2) is 4.01. The zero-order valence-corrected chi connectivity index (χ0v) is 7.78. The largest absolute Gasteiger partial charge is 0.376 e. The number of aromatic nitrogens is 2. The molecule has 0 saturated heterocycles. The Morgan fingerprint density at radius 3 is 2.85 bits per heavy atom. The summed E-state index contributed by atoms with van der Waals surface area (Å²) in [6, 6.07) is 1.77. The fraction of sp³-hybridized carbons (Fsp3) is 0.400. The van der Waals surface area contributed by atoms with Crippen molar-refractivity contribution in [3.8, 4) is 12.3 Å². The number of hydrogen-bond donors (Lipinski definition) is 1. The molecule has 0 amide bonds. The maximum Gasteiger partial charge on any atom is 0.141 e. The Labute approximate surface area is 77.8 Å². The first-order valence-corrected chi connectivity index (χ1v) is 4.16. The fourth-order valence-electron chi connectivity index (χ4n) is 1.14. The molecule has 0 spiro atoms. The van der Waals surface area contributed by atoms with Gasteiger partial charge < -0.3 is 5.11 Å². The van der Waals surface area contributed by atoms with Crippen LogP contribution >= 0.6 is 0 Å². The van der Waals surface area contributed by atoms with Crippen molar-refractivity contribution < 1.29 is 5.11 Å². The molecule has 1 unspecified atom stereocenters. The van der Waals surface area contributed by atoms with Gasteiger partial charge in [-0.1, -0.05) is 12.8 Å². The zero-order chi connectivity index (χ0) is 9.84. The van der Waals surface area contributed by atoms with Crippen LogP contribution in [0.3, 0.4) is 0 Å². The van der Waals surface area contributed by atoms with Gasteiger partial charge in [0.2, 0.25) is 0 Å². The molecule has 3 heteroatoms. The lowest BCUT2D eigenvalue weighted by atomic mass is 10.1. The summed E-state index contributed by atoms with van der Waals surface area (Å²) in [6.45, 7) is 3.77. The van der Waals surface area contributed by atoms with Crippen molar-refractivity contribution in [1.29, 1.82) is 0 Å². The molecular weight excluding hydrogens is 164 g/mol. The summed E-state index contributed by atoms with van der Waals surface area (Å²) >= 11 is 0. The van der Waals surface area contributed by atoms with E-state index in [1.807, 2.05) is 13.8 Å². The number of hydrogen-bond acceptors (Lipinski definition) is 3. The summed E-state index contributed by atoms with van der Waals surface area (Å²) in [5, 5.41) is 17.3. The van der Waals surface area contributed by atoms with Crippen LogP contribution in [-0.2, 0) is 6.42 Å². The molecular formula is C10H12N2O. The molecule has 0 aliphatic heterocycles. The van der Waals surface area contributed by atoms with E-state index < -0.39 is 6.10 Å². The molecule has 1 heterocycles. The van der Waals surface area contributed by atoms with E-state index >= 15 is 0 Å². The third-order valence-electron chi connectivity index (χ3n) is 1.81. The molecule has 1 N–H and O–H groups in total. The smallest absolute Gasteiger partial charge is 0.141 e. The molecule has 0 aliphatic carbocycles. The number of aryl methyl sites for hydroxylation is 2. The molecule has 0 saturated carbocycles. The Morgan fingerprint density at radius 2 is 2.31 bits per heavy atom. The van der Waals surface area contributed by atoms with Crippen LogP contribution in [0.4, 0.5) is 0 Å². The van der Waals surface area contributed by atoms with E-state index in [0.717, 1.165) is 17.8 Å². The Hall–Kier alpha value is -1.40. The van der Waals surface area contributed by atoms with Crippen LogP contribution < -0.4 is 0 Å². The van der Waals surface area contributed by atoms with Crippen LogP contribution in [0.25, 0.3) is 0 Å². The number of nitrogens with zero attached hydrogens (tertiary/aromatic N) is 2. The summed E-state index contributed by atoms with van der Waals surface area (Å²) < 4.78 is 0. The van der Waals surface area contributed by atoms with Crippen molar-refractivity contribution in [1.82, 2.24) is 10.2 Å². The maximum atomic E-state index is 9.46. The molecule has 0 fully saturated rings. The zero-order valence-electron chi connectivity index (χ0n) is 7.78. The van der Waals surface area contributed by atoms with Gasteiger partial charge in [0, 0.05) is 5.56 Å². The van der Waals surface area contributed by atoms with E-state index in [1.165, 1.54) is 0 Å². The van der Waals surface area contributed by atoms with E-state index in [-0.39, 0.29) is 0 Å². The third kappa shape index (κ3) is 2.04. The van der Waals surface area contributed by atoms with Gasteiger partial charge in [-0.25, -0.2) is 0 Å². The molecule has 0 radical (unpaired) electrons. The van der Waals surface area contributed by atoms with E-state index in [1.54, 1.807) is 6.07 Å². The molecule has 1 rings (SSSR count). The summed E-state index contributed by atoms with van der Waals surface area (Å²) in [4.78, 5) is 0. The highest BCUT2D eigenvalue weighted by molar-refractivity contribution is 5.28. The van der Waals surface area contributed by atoms with Gasteiger partial charge >= 0.3 is 0 Å². The number of rotatable bonds is 2. The average Bonchev–Trinajstić information content (AvgIpc) is 2.16. The molecule has 1 aromatic rings. The number of aliphatic hydroxyl groups excluding tert-OH is 1. The van der Waals surface area contributed by atoms with Gasteiger partial charge in [0.05, 0.1) is 11.4 Å². The lowest BCUT2D eigenvalue weighted by Gasteiger charge is -2.08. The predicted molar refractivity (Wildman–Crippen MR) is 49.9 cm³/mol. The van der Waals surface area contributed by atoms with E-state index in [9.17, 15) is 5.11 Å². The first kappa shape index (κ1) is 9.69. The minimum absolute atomic E-state index is 0.692. The normalized spacial score (nSPS) is 12.2. The van der Waals surface area contributed by atoms with Gasteiger partial charge in [-0.15, -0.1) is 6.42 Å². The molecule has 1 atom stereocenters. The van der Waals surface area contributed by atoms with Crippen molar-refractivity contribution in [2.45, 2.75) is 26.4 Å². The molecule has 0 aromatic carbocycles. The van der Waals surface area contributed by atoms with Gasteiger partial charge in [-0.3, -0.25) is 0 Å². The van der Waals surface area contributed by atoms with Gasteiger partial charge in [-0.05, 0) is 19.4 Å². The van der Waals surface area contributed by atoms with E-state index in [4.69, 9.17) is 6.42 Å². The van der Waals surface area contributed by atoms with Crippen LogP contribution in [0.5, 0.6) is 0 Å². The Balaban J connectivity index is 3.17. The van der Waals surface area contributed by atoms with Gasteiger partial charge in [0.1, 0.15) is 6.10 Å². The first-order chi connectivity index (χ1) is 6.19. The lowest BCUT2D eigenvalue weighted by Crippen LogP contribution is -2.04. The van der Waals surface area contributed by atoms with Crippen molar-refractivity contribution >= 4 is 0 Å². The Kier molecular flexibility index (Phi) is 2.99. The quantitative estimate of drug-likeness (QED) is 0.684. The van der Waals surface area contributed by atoms with Crippen LogP contribution in [0, 0.1) is 19.3 Å². The van der Waals surface area contributed by atoms with E-state index in [2.05, 4.69) is 16.1 Å². The van der Waals surface area contributed by atoms with Crippen LogP contribution in [0.1, 0.15) is 30.0 Å². The highest BCUT2D eigenvalue weighted by atomic mass is 16.3. The summed E-state index contributed by atoms with van der Waals surface area (Å²) in [5.41, 5.74) is 2.22. The fourth-order valence-corrected chi connectivity index (χ4v) is 1.14. The topological polar surface area (TPSA) is 46.0 Å². The Bertz CT molecular complexity index is 341. The molecule has 3 nitrogen and oxygen atoms in total. The Morgan fingerprint density at radius 1 is 1.62 bits per heavy atom. The standard InChI is InChI=1S/C10H12N2O/c1-4-9-8(10(13)5-2)6-7(3)11-12-9/h2,6,10,13H,4H2,1,3H3. The summed E-state index contributed by atoms with van der Waals surface area (Å²) in [7, 11) is 0. The lowest BCUT2D eigenvalue weighted by molar-refractivity contribution is 0.236. The van der Waals surface area contributed by atoms with Crippen LogP contribution in [-0.4, -0.2) is 15.3 Å². The molecule has 1 aromatic heterocycles. The second-order valence-corrected chi connectivity index (χ2v) is 2.81. The molecule has 0 bridgehead atoms.